The van der Waals surface area contributed by atoms with Crippen LogP contribution in [0.1, 0.15) is 16.7 Å². The van der Waals surface area contributed by atoms with Gasteiger partial charge >= 0.3 is 0 Å². The predicted molar refractivity (Wildman–Crippen MR) is 103 cm³/mol. The van der Waals surface area contributed by atoms with Crippen LogP contribution in [-0.2, 0) is 0 Å². The average Bonchev–Trinajstić information content (AvgIpc) is 2.53. The molecule has 0 aliphatic rings. The summed E-state index contributed by atoms with van der Waals surface area (Å²) in [6.07, 6.45) is 0. The lowest BCUT2D eigenvalue weighted by atomic mass is 9.90. The standard InChI is InChI=1S/C22H19S/c1-14-12-15(2)21(16(3)13-14)22-17-8-4-6-10-19(17)23-20-11-7-5-9-18(20)22/h4-13H,1-3H3/q+1. The van der Waals surface area contributed by atoms with Gasteiger partial charge in [-0.2, -0.15) is 0 Å². The SMILES string of the molecule is Cc1cc(C)c(-c2c3ccccc3[s+]c3ccccc23)c(C)c1. The highest BCUT2D eigenvalue weighted by atomic mass is 32.1. The summed E-state index contributed by atoms with van der Waals surface area (Å²) < 4.78 is 2.70. The van der Waals surface area contributed by atoms with Gasteiger partial charge in [-0.25, -0.2) is 0 Å². The van der Waals surface area contributed by atoms with E-state index in [1.165, 1.54) is 48.0 Å². The fourth-order valence-electron chi connectivity index (χ4n) is 3.63. The van der Waals surface area contributed by atoms with Crippen LogP contribution in [0.15, 0.2) is 60.7 Å². The van der Waals surface area contributed by atoms with Crippen LogP contribution in [0.2, 0.25) is 0 Å². The fourth-order valence-corrected chi connectivity index (χ4v) is 4.72. The summed E-state index contributed by atoms with van der Waals surface area (Å²) in [7, 11) is 0. The Morgan fingerprint density at radius 2 is 1.09 bits per heavy atom. The van der Waals surface area contributed by atoms with Crippen LogP contribution in [0.5, 0.6) is 0 Å². The minimum absolute atomic E-state index is 1.33. The summed E-state index contributed by atoms with van der Waals surface area (Å²) >= 11 is 1.87. The molecule has 1 heterocycles. The van der Waals surface area contributed by atoms with Crippen molar-refractivity contribution in [1.82, 2.24) is 0 Å². The minimum Gasteiger partial charge on any atom is -0.0612 e. The van der Waals surface area contributed by atoms with Gasteiger partial charge in [-0.1, -0.05) is 42.0 Å². The summed E-state index contributed by atoms with van der Waals surface area (Å²) in [5, 5.41) is 2.71. The highest BCUT2D eigenvalue weighted by molar-refractivity contribution is 7.24. The van der Waals surface area contributed by atoms with Crippen LogP contribution < -0.4 is 0 Å². The number of fused-ring (bicyclic) bond motifs is 2. The fraction of sp³-hybridized carbons (Fsp3) is 0.136. The van der Waals surface area contributed by atoms with Crippen molar-refractivity contribution in [1.29, 1.82) is 0 Å². The molecule has 4 aromatic rings. The van der Waals surface area contributed by atoms with Gasteiger partial charge in [0.05, 0.1) is 0 Å². The van der Waals surface area contributed by atoms with Gasteiger partial charge in [-0.3, -0.25) is 0 Å². The number of aryl methyl sites for hydroxylation is 3. The van der Waals surface area contributed by atoms with Gasteiger partial charge in [-0.15, -0.1) is 0 Å². The summed E-state index contributed by atoms with van der Waals surface area (Å²) in [4.78, 5) is 0. The van der Waals surface area contributed by atoms with Crippen LogP contribution in [0.3, 0.4) is 0 Å². The number of rotatable bonds is 1. The molecule has 0 nitrogen and oxygen atoms in total. The van der Waals surface area contributed by atoms with Crippen molar-refractivity contribution < 1.29 is 0 Å². The smallest absolute Gasteiger partial charge is 0.0612 e. The molecule has 0 amide bonds. The molecule has 0 radical (unpaired) electrons. The van der Waals surface area contributed by atoms with E-state index in [0.29, 0.717) is 0 Å². The molecule has 0 fully saturated rings. The van der Waals surface area contributed by atoms with Crippen LogP contribution in [0.25, 0.3) is 31.3 Å². The molecule has 112 valence electrons. The first-order chi connectivity index (χ1) is 11.1. The Bertz CT molecular complexity index is 967. The van der Waals surface area contributed by atoms with Gasteiger partial charge < -0.3 is 0 Å². The Morgan fingerprint density at radius 3 is 1.61 bits per heavy atom. The number of hydrogen-bond acceptors (Lipinski definition) is 0. The molecule has 0 saturated carbocycles. The molecule has 0 N–H and O–H groups in total. The Labute approximate surface area is 141 Å². The second-order valence-electron chi connectivity index (χ2n) is 6.24. The first-order valence-corrected chi connectivity index (χ1v) is 8.78. The van der Waals surface area contributed by atoms with E-state index in [-0.39, 0.29) is 0 Å². The zero-order valence-corrected chi connectivity index (χ0v) is 14.5. The van der Waals surface area contributed by atoms with E-state index in [2.05, 4.69) is 81.4 Å². The van der Waals surface area contributed by atoms with E-state index < -0.39 is 0 Å². The molecular formula is C22H19S+. The summed E-state index contributed by atoms with van der Waals surface area (Å²) in [6.45, 7) is 6.64. The Hall–Kier alpha value is -2.25. The molecule has 0 atom stereocenters. The number of hydrogen-bond donors (Lipinski definition) is 0. The lowest BCUT2D eigenvalue weighted by molar-refractivity contribution is 1.33. The lowest BCUT2D eigenvalue weighted by Gasteiger charge is -2.14. The molecule has 1 aromatic heterocycles. The van der Waals surface area contributed by atoms with Crippen molar-refractivity contribution in [2.24, 2.45) is 0 Å². The molecule has 0 spiro atoms. The van der Waals surface area contributed by atoms with Crippen molar-refractivity contribution in [2.45, 2.75) is 20.8 Å². The quantitative estimate of drug-likeness (QED) is 0.264. The van der Waals surface area contributed by atoms with Gasteiger partial charge in [0.25, 0.3) is 0 Å². The van der Waals surface area contributed by atoms with Gasteiger partial charge in [-0.05, 0) is 49.6 Å². The van der Waals surface area contributed by atoms with E-state index in [1.807, 2.05) is 11.3 Å². The van der Waals surface area contributed by atoms with E-state index in [4.69, 9.17) is 0 Å². The van der Waals surface area contributed by atoms with E-state index >= 15 is 0 Å². The maximum Gasteiger partial charge on any atom is 0.239 e. The van der Waals surface area contributed by atoms with Crippen LogP contribution >= 0.6 is 11.3 Å². The van der Waals surface area contributed by atoms with Crippen molar-refractivity contribution in [3.8, 4) is 11.1 Å². The maximum absolute atomic E-state index is 2.29. The third kappa shape index (κ3) is 2.32. The Kier molecular flexibility index (Phi) is 3.39. The molecule has 23 heavy (non-hydrogen) atoms. The first-order valence-electron chi connectivity index (χ1n) is 7.97. The molecule has 0 aliphatic heterocycles. The van der Waals surface area contributed by atoms with Gasteiger partial charge in [0.2, 0.25) is 20.7 Å². The highest BCUT2D eigenvalue weighted by Crippen LogP contribution is 2.41. The highest BCUT2D eigenvalue weighted by Gasteiger charge is 2.20. The van der Waals surface area contributed by atoms with Crippen LogP contribution in [-0.4, -0.2) is 0 Å². The largest absolute Gasteiger partial charge is 0.239 e. The van der Waals surface area contributed by atoms with Gasteiger partial charge in [0, 0.05) is 28.5 Å². The number of benzene rings is 3. The molecule has 4 rings (SSSR count). The van der Waals surface area contributed by atoms with Crippen LogP contribution in [0, 0.1) is 20.8 Å². The van der Waals surface area contributed by atoms with Crippen molar-refractivity contribution in [2.75, 3.05) is 0 Å². The van der Waals surface area contributed by atoms with Gasteiger partial charge in [0.15, 0.2) is 0 Å². The molecule has 0 unspecified atom stereocenters. The molecular weight excluding hydrogens is 296 g/mol. The monoisotopic (exact) mass is 315 g/mol. The zero-order chi connectivity index (χ0) is 16.0. The lowest BCUT2D eigenvalue weighted by Crippen LogP contribution is -1.92. The second-order valence-corrected chi connectivity index (χ2v) is 7.33. The third-order valence-electron chi connectivity index (χ3n) is 4.46. The average molecular weight is 315 g/mol. The molecule has 0 aliphatic carbocycles. The van der Waals surface area contributed by atoms with E-state index in [9.17, 15) is 0 Å². The Morgan fingerprint density at radius 1 is 0.609 bits per heavy atom. The molecule has 3 aromatic carbocycles. The zero-order valence-electron chi connectivity index (χ0n) is 13.7. The van der Waals surface area contributed by atoms with Crippen LogP contribution in [0.4, 0.5) is 0 Å². The minimum atomic E-state index is 1.33. The summed E-state index contributed by atoms with van der Waals surface area (Å²) in [5.41, 5.74) is 6.81. The second kappa shape index (κ2) is 5.43. The predicted octanol–water partition coefficient (Wildman–Crippen LogP) is 6.93. The third-order valence-corrected chi connectivity index (χ3v) is 5.61. The summed E-state index contributed by atoms with van der Waals surface area (Å²) in [5.74, 6) is 0. The van der Waals surface area contributed by atoms with Crippen molar-refractivity contribution in [3.63, 3.8) is 0 Å². The Balaban J connectivity index is 2.25. The maximum atomic E-state index is 2.29. The molecule has 0 bridgehead atoms. The normalized spacial score (nSPS) is 11.3. The summed E-state index contributed by atoms with van der Waals surface area (Å²) in [6, 6.07) is 22.1. The topological polar surface area (TPSA) is 0 Å². The van der Waals surface area contributed by atoms with Crippen molar-refractivity contribution in [3.05, 3.63) is 77.4 Å². The molecule has 0 saturated heterocycles. The van der Waals surface area contributed by atoms with Gasteiger partial charge in [0.1, 0.15) is 0 Å². The van der Waals surface area contributed by atoms with E-state index in [1.54, 1.807) is 0 Å². The van der Waals surface area contributed by atoms with Crippen molar-refractivity contribution >= 4 is 31.5 Å². The van der Waals surface area contributed by atoms with E-state index in [0.717, 1.165) is 0 Å². The first kappa shape index (κ1) is 14.3. The molecule has 1 heteroatoms.